The van der Waals surface area contributed by atoms with Crippen LogP contribution >= 0.6 is 15.9 Å². The highest BCUT2D eigenvalue weighted by molar-refractivity contribution is 9.10. The molecule has 0 saturated carbocycles. The van der Waals surface area contributed by atoms with Crippen molar-refractivity contribution >= 4 is 21.7 Å². The van der Waals surface area contributed by atoms with Crippen LogP contribution in [0.25, 0.3) is 11.1 Å². The number of rotatable bonds is 1. The summed E-state index contributed by atoms with van der Waals surface area (Å²) in [4.78, 5) is 14.2. The number of hydrogen-bond donors (Lipinski definition) is 2. The highest BCUT2D eigenvalue weighted by atomic mass is 79.9. The summed E-state index contributed by atoms with van der Waals surface area (Å²) in [6.45, 7) is 0.0823. The van der Waals surface area contributed by atoms with Gasteiger partial charge in [0.1, 0.15) is 29.1 Å². The lowest BCUT2D eigenvalue weighted by atomic mass is 9.96. The van der Waals surface area contributed by atoms with Crippen LogP contribution in [0.5, 0.6) is 11.5 Å². The molecule has 0 radical (unpaired) electrons. The lowest BCUT2D eigenvalue weighted by Crippen LogP contribution is -2.16. The number of nitrogens with zero attached hydrogens (tertiary/aromatic N) is 2. The Hall–Kier alpha value is -2.97. The van der Waals surface area contributed by atoms with E-state index in [2.05, 4.69) is 20.9 Å². The van der Waals surface area contributed by atoms with Gasteiger partial charge in [-0.25, -0.2) is 0 Å². The maximum Gasteiger partial charge on any atom is 0.268 e. The number of anilines is 1. The number of halogens is 1. The second-order valence-electron chi connectivity index (χ2n) is 4.40. The number of nitrogens with one attached hydrogen (secondary N) is 1. The van der Waals surface area contributed by atoms with E-state index in [9.17, 15) is 15.3 Å². The predicted molar refractivity (Wildman–Crippen MR) is 80.2 cm³/mol. The van der Waals surface area contributed by atoms with Gasteiger partial charge in [-0.1, -0.05) is 15.9 Å². The molecule has 8 heteroatoms. The van der Waals surface area contributed by atoms with Crippen molar-refractivity contribution < 1.29 is 9.47 Å². The molecular weight excluding hydrogens is 352 g/mol. The molecule has 0 fully saturated rings. The summed E-state index contributed by atoms with van der Waals surface area (Å²) in [6.07, 6.45) is 0. The van der Waals surface area contributed by atoms with Gasteiger partial charge in [-0.3, -0.25) is 4.79 Å². The first-order chi connectivity index (χ1) is 10.6. The zero-order valence-corrected chi connectivity index (χ0v) is 12.5. The molecule has 0 aliphatic carbocycles. The summed E-state index contributed by atoms with van der Waals surface area (Å²) >= 11 is 3.35. The molecule has 7 nitrogen and oxygen atoms in total. The normalized spacial score (nSPS) is 11.8. The number of pyridine rings is 1. The van der Waals surface area contributed by atoms with E-state index in [-0.39, 0.29) is 29.3 Å². The minimum Gasteiger partial charge on any atom is -0.454 e. The van der Waals surface area contributed by atoms with Crippen LogP contribution in [0.1, 0.15) is 11.1 Å². The van der Waals surface area contributed by atoms with Crippen LogP contribution in [0.15, 0.2) is 21.4 Å². The van der Waals surface area contributed by atoms with Gasteiger partial charge in [-0.2, -0.15) is 10.5 Å². The molecule has 1 aliphatic heterocycles. The minimum atomic E-state index is -0.654. The third-order valence-corrected chi connectivity index (χ3v) is 3.86. The number of H-pyrrole nitrogens is 1. The molecule has 0 atom stereocenters. The van der Waals surface area contributed by atoms with Crippen molar-refractivity contribution in [2.75, 3.05) is 12.5 Å². The van der Waals surface area contributed by atoms with Crippen molar-refractivity contribution in [2.45, 2.75) is 0 Å². The average Bonchev–Trinajstić information content (AvgIpc) is 2.92. The summed E-state index contributed by atoms with van der Waals surface area (Å²) in [5, 5.41) is 18.6. The van der Waals surface area contributed by atoms with Crippen molar-refractivity contribution in [2.24, 2.45) is 0 Å². The molecule has 2 aromatic rings. The fraction of sp³-hybridized carbons (Fsp3) is 0.0714. The molecule has 108 valence electrons. The fourth-order valence-electron chi connectivity index (χ4n) is 2.22. The minimum absolute atomic E-state index is 0.0238. The highest BCUT2D eigenvalue weighted by Crippen LogP contribution is 2.42. The van der Waals surface area contributed by atoms with E-state index in [1.807, 2.05) is 12.1 Å². The van der Waals surface area contributed by atoms with E-state index in [0.717, 1.165) is 0 Å². The number of aromatic nitrogens is 1. The van der Waals surface area contributed by atoms with Gasteiger partial charge in [-0.15, -0.1) is 0 Å². The first-order valence-electron chi connectivity index (χ1n) is 6.02. The van der Waals surface area contributed by atoms with E-state index in [1.54, 1.807) is 12.1 Å². The predicted octanol–water partition coefficient (Wildman–Crippen LogP) is 1.86. The number of aromatic amines is 1. The van der Waals surface area contributed by atoms with E-state index in [1.165, 1.54) is 0 Å². The highest BCUT2D eigenvalue weighted by Gasteiger charge is 2.23. The molecule has 1 aromatic carbocycles. The van der Waals surface area contributed by atoms with Crippen LogP contribution < -0.4 is 20.8 Å². The third kappa shape index (κ3) is 1.98. The maximum absolute atomic E-state index is 11.9. The number of ether oxygens (including phenoxy) is 2. The Morgan fingerprint density at radius 2 is 1.82 bits per heavy atom. The first-order valence-corrected chi connectivity index (χ1v) is 6.81. The Bertz CT molecular complexity index is 937. The average molecular weight is 359 g/mol. The smallest absolute Gasteiger partial charge is 0.268 e. The molecule has 0 saturated heterocycles. The number of nitriles is 2. The van der Waals surface area contributed by atoms with E-state index in [4.69, 9.17) is 15.2 Å². The van der Waals surface area contributed by atoms with Crippen LogP contribution in [-0.2, 0) is 0 Å². The summed E-state index contributed by atoms with van der Waals surface area (Å²) in [6, 6.07) is 6.99. The van der Waals surface area contributed by atoms with Crippen molar-refractivity contribution in [1.29, 1.82) is 10.5 Å². The monoisotopic (exact) mass is 358 g/mol. The summed E-state index contributed by atoms with van der Waals surface area (Å²) in [7, 11) is 0. The number of nitrogen functional groups attached to an aromatic ring is 1. The van der Waals surface area contributed by atoms with Gasteiger partial charge in [0, 0.05) is 15.6 Å². The van der Waals surface area contributed by atoms with Crippen LogP contribution in [0.4, 0.5) is 5.82 Å². The molecule has 1 aromatic heterocycles. The lowest BCUT2D eigenvalue weighted by molar-refractivity contribution is 0.174. The molecule has 0 spiro atoms. The topological polar surface area (TPSA) is 125 Å². The molecular formula is C14H7BrN4O3. The van der Waals surface area contributed by atoms with Crippen LogP contribution in [0.3, 0.4) is 0 Å². The molecule has 2 heterocycles. The maximum atomic E-state index is 11.9. The quantitative estimate of drug-likeness (QED) is 0.801. The van der Waals surface area contributed by atoms with Gasteiger partial charge in [-0.05, 0) is 12.1 Å². The Labute approximate surface area is 132 Å². The Morgan fingerprint density at radius 3 is 2.45 bits per heavy atom. The van der Waals surface area contributed by atoms with Crippen molar-refractivity contribution in [1.82, 2.24) is 4.98 Å². The molecule has 1 aliphatic rings. The first kappa shape index (κ1) is 14.0. The fourth-order valence-corrected chi connectivity index (χ4v) is 2.74. The number of benzene rings is 1. The summed E-state index contributed by atoms with van der Waals surface area (Å²) in [5.74, 6) is 0.904. The van der Waals surface area contributed by atoms with Gasteiger partial charge in [0.25, 0.3) is 5.56 Å². The van der Waals surface area contributed by atoms with Gasteiger partial charge in [0.2, 0.25) is 6.79 Å². The van der Waals surface area contributed by atoms with Crippen molar-refractivity contribution in [3.8, 4) is 34.8 Å². The largest absolute Gasteiger partial charge is 0.454 e. The van der Waals surface area contributed by atoms with Crippen LogP contribution in [0, 0.1) is 22.7 Å². The van der Waals surface area contributed by atoms with E-state index < -0.39 is 5.56 Å². The number of fused-ring (bicyclic) bond motifs is 1. The SMILES string of the molecule is N#Cc1c(N)[nH]c(=O)c(C#N)c1-c1cc2c(cc1Br)OCO2. The van der Waals surface area contributed by atoms with Gasteiger partial charge in [0.05, 0.1) is 0 Å². The molecule has 3 rings (SSSR count). The summed E-state index contributed by atoms with van der Waals surface area (Å²) in [5.41, 5.74) is 5.50. The van der Waals surface area contributed by atoms with Gasteiger partial charge in [0.15, 0.2) is 11.5 Å². The van der Waals surface area contributed by atoms with Crippen LogP contribution in [-0.4, -0.2) is 11.8 Å². The number of hydrogen-bond acceptors (Lipinski definition) is 6. The molecule has 0 bridgehead atoms. The Kier molecular flexibility index (Phi) is 3.24. The van der Waals surface area contributed by atoms with Crippen molar-refractivity contribution in [3.63, 3.8) is 0 Å². The zero-order chi connectivity index (χ0) is 15.9. The second kappa shape index (κ2) is 5.10. The standard InChI is InChI=1S/C14H7BrN4O3/c15-9-2-11-10(21-5-22-11)1-6(9)12-7(3-16)13(18)19-14(20)8(12)4-17/h1-2H,5H2,(H3,18,19,20). The molecule has 22 heavy (non-hydrogen) atoms. The van der Waals surface area contributed by atoms with Gasteiger partial charge >= 0.3 is 0 Å². The Balaban J connectivity index is 2.41. The van der Waals surface area contributed by atoms with Gasteiger partial charge < -0.3 is 20.2 Å². The lowest BCUT2D eigenvalue weighted by Gasteiger charge is -2.11. The Morgan fingerprint density at radius 1 is 1.18 bits per heavy atom. The molecule has 3 N–H and O–H groups in total. The second-order valence-corrected chi connectivity index (χ2v) is 5.26. The number of nitrogens with two attached hydrogens (primary N) is 1. The van der Waals surface area contributed by atoms with E-state index in [0.29, 0.717) is 21.5 Å². The summed E-state index contributed by atoms with van der Waals surface area (Å²) < 4.78 is 11.1. The van der Waals surface area contributed by atoms with E-state index >= 15 is 0 Å². The molecule has 0 unspecified atom stereocenters. The van der Waals surface area contributed by atoms with Crippen molar-refractivity contribution in [3.05, 3.63) is 38.1 Å². The third-order valence-electron chi connectivity index (χ3n) is 3.20. The molecule has 0 amide bonds. The zero-order valence-electron chi connectivity index (χ0n) is 10.9. The van der Waals surface area contributed by atoms with Crippen LogP contribution in [0.2, 0.25) is 0 Å².